The molecule has 6 nitrogen and oxygen atoms in total. The Kier molecular flexibility index (Phi) is 9.86. The molecule has 4 atom stereocenters. The highest BCUT2D eigenvalue weighted by Crippen LogP contribution is 2.62. The van der Waals surface area contributed by atoms with Gasteiger partial charge in [0, 0.05) is 17.1 Å². The fraction of sp³-hybridized carbons (Fsp3) is 0.459. The Labute approximate surface area is 293 Å². The lowest BCUT2D eigenvalue weighted by Crippen LogP contribution is -2.58. The predicted molar refractivity (Wildman–Crippen MR) is 189 cm³/mol. The normalized spacial score (nSPS) is 27.2. The van der Waals surface area contributed by atoms with E-state index >= 15 is 13.2 Å². The molecular formula is C37H41F3O6S3. The van der Waals surface area contributed by atoms with E-state index in [-0.39, 0.29) is 24.0 Å². The molecule has 4 fully saturated rings. The average molecular weight is 735 g/mol. The summed E-state index contributed by atoms with van der Waals surface area (Å²) in [5.74, 6) is -0.178. The van der Waals surface area contributed by atoms with Gasteiger partial charge in [0.25, 0.3) is 0 Å². The van der Waals surface area contributed by atoms with Crippen LogP contribution in [0.4, 0.5) is 13.2 Å². The number of ether oxygens (including phenoxy) is 1. The van der Waals surface area contributed by atoms with Gasteiger partial charge in [-0.2, -0.15) is 17.2 Å². The lowest BCUT2D eigenvalue weighted by atomic mass is 9.48. The van der Waals surface area contributed by atoms with E-state index in [0.717, 1.165) is 23.1 Å². The van der Waals surface area contributed by atoms with Gasteiger partial charge >= 0.3 is 21.3 Å². The van der Waals surface area contributed by atoms with Gasteiger partial charge in [-0.1, -0.05) is 96.2 Å². The van der Waals surface area contributed by atoms with Gasteiger partial charge in [-0.25, -0.2) is 8.02 Å². The third-order valence-corrected chi connectivity index (χ3v) is 16.1. The standard InChI is InChI=1S/C37H41F3O6S3/c1-3-48(2,31-15-13-30(14-16-31)33(47)29-11-9-28(10-12-29)27-7-5-4-6-8-27)46-49(43,44)37(39,40)32(38)17-18-45-34(41)35-20-25-19-26(21-35)23-36(42,22-25)24-35/h4-16,25-26,32,42H,3,17-24H2,1-2H3. The quantitative estimate of drug-likeness (QED) is 0.107. The summed E-state index contributed by atoms with van der Waals surface area (Å²) in [6, 6.07) is 24.2. The van der Waals surface area contributed by atoms with Crippen LogP contribution in [-0.4, -0.2) is 60.0 Å². The molecule has 7 rings (SSSR count). The summed E-state index contributed by atoms with van der Waals surface area (Å²) < 4.78 is 81.7. The molecule has 0 amide bonds. The summed E-state index contributed by atoms with van der Waals surface area (Å²) in [6.07, 6.45) is 0.800. The number of carbonyl (C=O) groups is 1. The van der Waals surface area contributed by atoms with Crippen LogP contribution in [0.15, 0.2) is 83.8 Å². The first kappa shape index (κ1) is 36.0. The van der Waals surface area contributed by atoms with Crippen LogP contribution in [0.5, 0.6) is 0 Å². The highest BCUT2D eigenvalue weighted by atomic mass is 32.3. The molecule has 1 N–H and O–H groups in total. The minimum absolute atomic E-state index is 0.0675. The molecule has 12 heteroatoms. The van der Waals surface area contributed by atoms with Gasteiger partial charge in [-0.15, -0.1) is 0 Å². The van der Waals surface area contributed by atoms with Gasteiger partial charge in [0.1, 0.15) is 0 Å². The molecule has 0 saturated heterocycles. The van der Waals surface area contributed by atoms with Gasteiger partial charge in [0.15, 0.2) is 6.17 Å². The first-order valence-electron chi connectivity index (χ1n) is 16.5. The first-order valence-corrected chi connectivity index (χ1v) is 20.5. The number of hydrogen-bond acceptors (Lipinski definition) is 7. The molecule has 0 spiro atoms. The number of rotatable bonds is 13. The second-order valence-corrected chi connectivity index (χ2v) is 19.5. The van der Waals surface area contributed by atoms with E-state index in [1.807, 2.05) is 54.6 Å². The Morgan fingerprint density at radius 2 is 1.49 bits per heavy atom. The second-order valence-electron chi connectivity index (χ2n) is 14.0. The number of benzene rings is 3. The van der Waals surface area contributed by atoms with E-state index in [0.29, 0.717) is 41.0 Å². The van der Waals surface area contributed by atoms with Crippen molar-refractivity contribution >= 4 is 43.5 Å². The Bertz CT molecular complexity index is 1790. The molecule has 4 aliphatic carbocycles. The molecule has 3 aromatic rings. The van der Waals surface area contributed by atoms with Crippen molar-refractivity contribution in [2.45, 2.75) is 73.8 Å². The van der Waals surface area contributed by atoms with Crippen molar-refractivity contribution in [2.75, 3.05) is 18.6 Å². The smallest absolute Gasteiger partial charge is 0.401 e. The van der Waals surface area contributed by atoms with Crippen molar-refractivity contribution in [2.24, 2.45) is 17.3 Å². The number of halogens is 3. The maximum Gasteiger partial charge on any atom is 0.401 e. The number of hydrogen-bond donors (Lipinski definition) is 1. The minimum atomic E-state index is -5.74. The fourth-order valence-electron chi connectivity index (χ4n) is 8.19. The van der Waals surface area contributed by atoms with Crippen molar-refractivity contribution in [1.82, 2.24) is 0 Å². The predicted octanol–water partition coefficient (Wildman–Crippen LogP) is 8.39. The van der Waals surface area contributed by atoms with Crippen LogP contribution in [0, 0.1) is 17.3 Å². The third kappa shape index (κ3) is 7.08. The van der Waals surface area contributed by atoms with E-state index in [2.05, 4.69) is 0 Å². The van der Waals surface area contributed by atoms with Crippen molar-refractivity contribution in [3.63, 3.8) is 0 Å². The van der Waals surface area contributed by atoms with Crippen LogP contribution >= 0.6 is 22.5 Å². The number of aliphatic hydroxyl groups is 1. The van der Waals surface area contributed by atoms with Gasteiger partial charge in [-0.3, -0.25) is 4.79 Å². The summed E-state index contributed by atoms with van der Waals surface area (Å²) >= 11 is 5.69. The van der Waals surface area contributed by atoms with Gasteiger partial charge < -0.3 is 9.84 Å². The molecular weight excluding hydrogens is 694 g/mol. The zero-order valence-corrected chi connectivity index (χ0v) is 29.9. The van der Waals surface area contributed by atoms with E-state index in [1.165, 1.54) is 6.26 Å². The highest BCUT2D eigenvalue weighted by molar-refractivity contribution is 8.32. The molecule has 4 aliphatic rings. The van der Waals surface area contributed by atoms with Crippen LogP contribution in [0.25, 0.3) is 11.1 Å². The Morgan fingerprint density at radius 1 is 0.939 bits per heavy atom. The van der Waals surface area contributed by atoms with E-state index in [4.69, 9.17) is 20.6 Å². The summed E-state index contributed by atoms with van der Waals surface area (Å²) in [6.45, 7) is 0.901. The number of alkyl halides is 3. The molecule has 4 bridgehead atoms. The zero-order valence-electron chi connectivity index (χ0n) is 27.4. The van der Waals surface area contributed by atoms with Crippen molar-refractivity contribution in [1.29, 1.82) is 0 Å². The van der Waals surface area contributed by atoms with Crippen LogP contribution in [-0.2, 0) is 23.3 Å². The fourth-order valence-corrected chi connectivity index (χ4v) is 12.6. The molecule has 0 aromatic heterocycles. The molecule has 264 valence electrons. The highest BCUT2D eigenvalue weighted by Gasteiger charge is 2.61. The largest absolute Gasteiger partial charge is 0.465 e. The average Bonchev–Trinajstić information content (AvgIpc) is 3.07. The van der Waals surface area contributed by atoms with Gasteiger partial charge in [0.05, 0.1) is 22.5 Å². The Morgan fingerprint density at radius 3 is 2.04 bits per heavy atom. The lowest BCUT2D eigenvalue weighted by Gasteiger charge is -2.58. The summed E-state index contributed by atoms with van der Waals surface area (Å²) in [5, 5.41) is 6.01. The van der Waals surface area contributed by atoms with E-state index in [1.54, 1.807) is 31.2 Å². The van der Waals surface area contributed by atoms with Crippen molar-refractivity contribution < 1.29 is 39.9 Å². The molecule has 0 heterocycles. The summed E-state index contributed by atoms with van der Waals surface area (Å²) in [7, 11) is -8.57. The minimum Gasteiger partial charge on any atom is -0.465 e. The maximum atomic E-state index is 15.2. The molecule has 4 saturated carbocycles. The molecule has 49 heavy (non-hydrogen) atoms. The maximum absolute atomic E-state index is 15.2. The van der Waals surface area contributed by atoms with Crippen molar-refractivity contribution in [3.05, 3.63) is 90.0 Å². The second kappa shape index (κ2) is 13.4. The zero-order chi connectivity index (χ0) is 35.2. The summed E-state index contributed by atoms with van der Waals surface area (Å²) in [4.78, 5) is 14.0. The number of carbonyl (C=O) groups excluding carboxylic acids is 1. The number of esters is 1. The molecule has 0 radical (unpaired) electrons. The topological polar surface area (TPSA) is 89.9 Å². The number of thiocarbonyl (C=S) groups is 1. The van der Waals surface area contributed by atoms with Crippen LogP contribution in [0.1, 0.15) is 63.0 Å². The lowest BCUT2D eigenvalue weighted by molar-refractivity contribution is -0.196. The Balaban J connectivity index is 1.07. The SMILES string of the molecule is CCS(C)(OS(=O)(=O)C(F)(F)C(F)CCOC(=O)C12CC3CC(CC(O)(C3)C1)C2)c1ccc(C(=S)c2ccc(-c3ccccc3)cc2)cc1. The molecule has 3 aromatic carbocycles. The van der Waals surface area contributed by atoms with Crippen LogP contribution in [0.3, 0.4) is 0 Å². The van der Waals surface area contributed by atoms with Gasteiger partial charge in [0.2, 0.25) is 0 Å². The van der Waals surface area contributed by atoms with E-state index in [9.17, 15) is 18.3 Å². The van der Waals surface area contributed by atoms with Crippen LogP contribution in [0.2, 0.25) is 0 Å². The Hall–Kier alpha value is -2.77. The third-order valence-electron chi connectivity index (χ3n) is 10.4. The molecule has 0 aliphatic heterocycles. The van der Waals surface area contributed by atoms with Crippen molar-refractivity contribution in [3.8, 4) is 11.1 Å². The molecule has 4 unspecified atom stereocenters. The first-order chi connectivity index (χ1) is 23.1. The van der Waals surface area contributed by atoms with E-state index < -0.39 is 61.9 Å². The summed E-state index contributed by atoms with van der Waals surface area (Å²) in [5.41, 5.74) is 1.76. The van der Waals surface area contributed by atoms with Gasteiger partial charge in [-0.05, 0) is 91.0 Å². The monoisotopic (exact) mass is 734 g/mol. The van der Waals surface area contributed by atoms with Crippen LogP contribution < -0.4 is 0 Å².